The van der Waals surface area contributed by atoms with E-state index in [4.69, 9.17) is 23.2 Å². The molecule has 1 saturated heterocycles. The second-order valence-corrected chi connectivity index (χ2v) is 6.61. The fourth-order valence-corrected chi connectivity index (χ4v) is 2.91. The molecule has 0 bridgehead atoms. The summed E-state index contributed by atoms with van der Waals surface area (Å²) in [5.41, 5.74) is 0.623. The number of carbonyl (C=O) groups excluding carboxylic acids is 1. The van der Waals surface area contributed by atoms with Crippen LogP contribution in [-0.4, -0.2) is 43.7 Å². The van der Waals surface area contributed by atoms with E-state index < -0.39 is 0 Å². The molecule has 10 heteroatoms. The summed E-state index contributed by atoms with van der Waals surface area (Å²) in [6, 6.07) is 6.81. The Kier molecular flexibility index (Phi) is 4.44. The van der Waals surface area contributed by atoms with Gasteiger partial charge in [-0.2, -0.15) is 5.10 Å². The van der Waals surface area contributed by atoms with E-state index in [1.165, 1.54) is 12.7 Å². The van der Waals surface area contributed by atoms with Gasteiger partial charge >= 0.3 is 0 Å². The molecule has 1 N–H and O–H groups in total. The first-order chi connectivity index (χ1) is 12.6. The summed E-state index contributed by atoms with van der Waals surface area (Å²) in [6.45, 7) is 1.14. The van der Waals surface area contributed by atoms with Gasteiger partial charge in [-0.25, -0.2) is 19.6 Å². The highest BCUT2D eigenvalue weighted by Crippen LogP contribution is 2.27. The van der Waals surface area contributed by atoms with Crippen LogP contribution in [0.15, 0.2) is 43.2 Å². The van der Waals surface area contributed by atoms with Crippen molar-refractivity contribution in [1.29, 1.82) is 0 Å². The molecule has 1 amide bonds. The highest BCUT2D eigenvalue weighted by molar-refractivity contribution is 6.42. The third-order valence-electron chi connectivity index (χ3n) is 4.06. The molecule has 0 atom stereocenters. The standard InChI is InChI=1S/C16H13Cl2N7O/c17-12-2-1-11(3-13(12)18)23-16(26)10-5-24(6-10)14-4-15(21-8-20-14)25-9-19-7-22-25/h1-4,7-10H,5-6H2,(H,23,26). The molecule has 132 valence electrons. The summed E-state index contributed by atoms with van der Waals surface area (Å²) >= 11 is 11.8. The summed E-state index contributed by atoms with van der Waals surface area (Å²) < 4.78 is 1.55. The first-order valence-electron chi connectivity index (χ1n) is 7.78. The summed E-state index contributed by atoms with van der Waals surface area (Å²) in [4.78, 5) is 26.7. The molecule has 0 radical (unpaired) electrons. The van der Waals surface area contributed by atoms with Crippen molar-refractivity contribution in [2.45, 2.75) is 0 Å². The summed E-state index contributed by atoms with van der Waals surface area (Å²) in [7, 11) is 0. The van der Waals surface area contributed by atoms with Gasteiger partial charge in [0.15, 0.2) is 5.82 Å². The van der Waals surface area contributed by atoms with E-state index in [2.05, 4.69) is 25.4 Å². The number of aromatic nitrogens is 5. The van der Waals surface area contributed by atoms with Crippen molar-refractivity contribution in [3.8, 4) is 5.82 Å². The number of anilines is 2. The van der Waals surface area contributed by atoms with Crippen LogP contribution in [0.5, 0.6) is 0 Å². The highest BCUT2D eigenvalue weighted by Gasteiger charge is 2.33. The van der Waals surface area contributed by atoms with E-state index in [-0.39, 0.29) is 11.8 Å². The maximum absolute atomic E-state index is 12.4. The molecule has 26 heavy (non-hydrogen) atoms. The van der Waals surface area contributed by atoms with E-state index >= 15 is 0 Å². The Morgan fingerprint density at radius 1 is 1.08 bits per heavy atom. The minimum absolute atomic E-state index is 0.0646. The van der Waals surface area contributed by atoms with Gasteiger partial charge in [-0.3, -0.25) is 4.79 Å². The molecule has 1 aliphatic heterocycles. The molecule has 3 heterocycles. The number of carbonyl (C=O) groups is 1. The van der Waals surface area contributed by atoms with Gasteiger partial charge in [0, 0.05) is 24.8 Å². The van der Waals surface area contributed by atoms with Crippen LogP contribution in [0.4, 0.5) is 11.5 Å². The van der Waals surface area contributed by atoms with E-state index in [1.54, 1.807) is 29.2 Å². The SMILES string of the molecule is O=C(Nc1ccc(Cl)c(Cl)c1)C1CN(c2cc(-n3cncn3)ncn2)C1. The average molecular weight is 390 g/mol. The number of amides is 1. The number of nitrogens with zero attached hydrogens (tertiary/aromatic N) is 6. The third-order valence-corrected chi connectivity index (χ3v) is 4.79. The predicted octanol–water partition coefficient (Wildman–Crippen LogP) is 2.44. The molecule has 1 fully saturated rings. The highest BCUT2D eigenvalue weighted by atomic mass is 35.5. The Labute approximate surface area is 158 Å². The van der Waals surface area contributed by atoms with Crippen LogP contribution in [0.3, 0.4) is 0 Å². The fraction of sp³-hybridized carbons (Fsp3) is 0.188. The zero-order valence-corrected chi connectivity index (χ0v) is 14.9. The molecular weight excluding hydrogens is 377 g/mol. The fourth-order valence-electron chi connectivity index (χ4n) is 2.61. The molecular formula is C16H13Cl2N7O. The minimum atomic E-state index is -0.130. The molecule has 0 aliphatic carbocycles. The van der Waals surface area contributed by atoms with Crippen LogP contribution in [0.1, 0.15) is 0 Å². The van der Waals surface area contributed by atoms with Crippen LogP contribution in [-0.2, 0) is 4.79 Å². The van der Waals surface area contributed by atoms with Crippen molar-refractivity contribution in [3.05, 3.63) is 53.3 Å². The lowest BCUT2D eigenvalue weighted by Crippen LogP contribution is -2.52. The van der Waals surface area contributed by atoms with Gasteiger partial charge < -0.3 is 10.2 Å². The second kappa shape index (κ2) is 6.89. The van der Waals surface area contributed by atoms with Gasteiger partial charge in [0.1, 0.15) is 24.8 Å². The lowest BCUT2D eigenvalue weighted by molar-refractivity contribution is -0.120. The van der Waals surface area contributed by atoms with E-state index in [1.807, 2.05) is 11.0 Å². The largest absolute Gasteiger partial charge is 0.355 e. The second-order valence-electron chi connectivity index (χ2n) is 5.79. The Hall–Kier alpha value is -2.71. The zero-order chi connectivity index (χ0) is 18.1. The van der Waals surface area contributed by atoms with Crippen LogP contribution >= 0.6 is 23.2 Å². The van der Waals surface area contributed by atoms with E-state index in [0.29, 0.717) is 34.6 Å². The summed E-state index contributed by atoms with van der Waals surface area (Å²) in [5.74, 6) is 1.17. The molecule has 3 aromatic rings. The third kappa shape index (κ3) is 3.33. The zero-order valence-electron chi connectivity index (χ0n) is 13.4. The first kappa shape index (κ1) is 16.7. The Balaban J connectivity index is 1.38. The lowest BCUT2D eigenvalue weighted by atomic mass is 9.99. The molecule has 0 unspecified atom stereocenters. The van der Waals surface area contributed by atoms with Crippen LogP contribution in [0, 0.1) is 5.92 Å². The van der Waals surface area contributed by atoms with Gasteiger partial charge in [-0.05, 0) is 18.2 Å². The van der Waals surface area contributed by atoms with Crippen molar-refractivity contribution in [2.75, 3.05) is 23.3 Å². The van der Waals surface area contributed by atoms with Crippen molar-refractivity contribution in [2.24, 2.45) is 5.92 Å². The molecule has 1 aliphatic rings. The molecule has 1 aromatic carbocycles. The van der Waals surface area contributed by atoms with Crippen molar-refractivity contribution in [1.82, 2.24) is 24.7 Å². The van der Waals surface area contributed by atoms with Gasteiger partial charge in [-0.1, -0.05) is 23.2 Å². The van der Waals surface area contributed by atoms with Gasteiger partial charge in [0.2, 0.25) is 5.91 Å². The Bertz CT molecular complexity index is 942. The Morgan fingerprint density at radius 2 is 1.88 bits per heavy atom. The maximum Gasteiger partial charge on any atom is 0.231 e. The van der Waals surface area contributed by atoms with Crippen molar-refractivity contribution < 1.29 is 4.79 Å². The summed E-state index contributed by atoms with van der Waals surface area (Å²) in [5, 5.41) is 7.75. The van der Waals surface area contributed by atoms with Crippen molar-refractivity contribution in [3.63, 3.8) is 0 Å². The van der Waals surface area contributed by atoms with Crippen LogP contribution < -0.4 is 10.2 Å². The van der Waals surface area contributed by atoms with Crippen molar-refractivity contribution >= 4 is 40.6 Å². The average Bonchev–Trinajstić information content (AvgIpc) is 3.12. The predicted molar refractivity (Wildman–Crippen MR) is 97.7 cm³/mol. The van der Waals surface area contributed by atoms with E-state index in [9.17, 15) is 4.79 Å². The van der Waals surface area contributed by atoms with Gasteiger partial charge in [-0.15, -0.1) is 0 Å². The van der Waals surface area contributed by atoms with Crippen LogP contribution in [0.25, 0.3) is 5.82 Å². The molecule has 0 spiro atoms. The molecule has 4 rings (SSSR count). The maximum atomic E-state index is 12.4. The van der Waals surface area contributed by atoms with Gasteiger partial charge in [0.25, 0.3) is 0 Å². The molecule has 8 nitrogen and oxygen atoms in total. The molecule has 0 saturated carbocycles. The number of nitrogens with one attached hydrogen (secondary N) is 1. The quantitative estimate of drug-likeness (QED) is 0.736. The normalized spacial score (nSPS) is 14.2. The topological polar surface area (TPSA) is 88.8 Å². The monoisotopic (exact) mass is 389 g/mol. The number of rotatable bonds is 4. The molecule has 2 aromatic heterocycles. The number of hydrogen-bond donors (Lipinski definition) is 1. The van der Waals surface area contributed by atoms with E-state index in [0.717, 1.165) is 5.82 Å². The lowest BCUT2D eigenvalue weighted by Gasteiger charge is -2.39. The first-order valence-corrected chi connectivity index (χ1v) is 8.53. The number of benzene rings is 1. The van der Waals surface area contributed by atoms with Gasteiger partial charge in [0.05, 0.1) is 16.0 Å². The minimum Gasteiger partial charge on any atom is -0.355 e. The Morgan fingerprint density at radius 3 is 2.62 bits per heavy atom. The number of halogens is 2. The number of hydrogen-bond acceptors (Lipinski definition) is 6. The van der Waals surface area contributed by atoms with Crippen LogP contribution in [0.2, 0.25) is 10.0 Å². The summed E-state index contributed by atoms with van der Waals surface area (Å²) in [6.07, 6.45) is 4.47. The smallest absolute Gasteiger partial charge is 0.231 e.